The fourth-order valence-electron chi connectivity index (χ4n) is 9.63. The number of aromatic nitrogens is 1. The molecule has 0 spiro atoms. The molecule has 0 saturated heterocycles. The number of hydrogen-bond donors (Lipinski definition) is 0. The van der Waals surface area contributed by atoms with Crippen molar-refractivity contribution in [1.29, 1.82) is 0 Å². The van der Waals surface area contributed by atoms with Crippen molar-refractivity contribution >= 4 is 10.9 Å². The molecule has 5 heteroatoms. The van der Waals surface area contributed by atoms with Crippen LogP contribution in [0.4, 0.5) is 8.78 Å². The first kappa shape index (κ1) is 26.8. The SMILES string of the molecule is CC.CC12CCCCC1CCC1C2CCC2(C)C(CCCc3nc4ccc(F)c(F)c4c(=O)o3)CCC12. The normalized spacial score (nSPS) is 36.8. The van der Waals surface area contributed by atoms with Gasteiger partial charge in [0, 0.05) is 6.42 Å². The van der Waals surface area contributed by atoms with Crippen LogP contribution in [-0.4, -0.2) is 4.98 Å². The van der Waals surface area contributed by atoms with Gasteiger partial charge < -0.3 is 4.42 Å². The largest absolute Gasteiger partial charge is 0.408 e. The third-order valence-electron chi connectivity index (χ3n) is 11.5. The summed E-state index contributed by atoms with van der Waals surface area (Å²) in [6.07, 6.45) is 16.7. The minimum atomic E-state index is -1.17. The van der Waals surface area contributed by atoms with Crippen molar-refractivity contribution in [2.24, 2.45) is 40.4 Å². The standard InChI is InChI=1S/C30H39F2NO2.C2H6/c1-29-16-4-3-6-18(29)9-11-20-21-12-10-19(30(21,2)17-15-22(20)29)7-5-8-25-33-24-14-13-23(31)27(32)26(24)28(34)35-25;1-2/h13-14,18-22H,3-12,15-17H2,1-2H3;1-2H3. The fourth-order valence-corrected chi connectivity index (χ4v) is 9.63. The first-order chi connectivity index (χ1) is 17.8. The predicted octanol–water partition coefficient (Wildman–Crippen LogP) is 8.86. The first-order valence-electron chi connectivity index (χ1n) is 15.1. The van der Waals surface area contributed by atoms with Crippen LogP contribution in [0.15, 0.2) is 21.3 Å². The van der Waals surface area contributed by atoms with Gasteiger partial charge in [0.25, 0.3) is 0 Å². The monoisotopic (exact) mass is 513 g/mol. The van der Waals surface area contributed by atoms with Crippen LogP contribution < -0.4 is 5.63 Å². The topological polar surface area (TPSA) is 43.1 Å². The molecule has 0 bridgehead atoms. The average Bonchev–Trinajstić information content (AvgIpc) is 3.23. The lowest BCUT2D eigenvalue weighted by atomic mass is 9.45. The van der Waals surface area contributed by atoms with E-state index in [1.54, 1.807) is 0 Å². The Morgan fingerprint density at radius 3 is 2.54 bits per heavy atom. The number of halogens is 2. The van der Waals surface area contributed by atoms with Gasteiger partial charge in [-0.3, -0.25) is 0 Å². The highest BCUT2D eigenvalue weighted by Gasteiger charge is 2.59. The molecule has 0 radical (unpaired) electrons. The maximum absolute atomic E-state index is 14.0. The number of fused-ring (bicyclic) bond motifs is 6. The Balaban J connectivity index is 0.00000137. The second kappa shape index (κ2) is 10.4. The number of nitrogens with zero attached hydrogens (tertiary/aromatic N) is 1. The summed E-state index contributed by atoms with van der Waals surface area (Å²) in [5.74, 6) is 2.49. The van der Waals surface area contributed by atoms with E-state index in [0.29, 0.717) is 29.1 Å². The Bertz CT molecular complexity index is 1180. The molecule has 6 rings (SSSR count). The Hall–Kier alpha value is -1.78. The van der Waals surface area contributed by atoms with Gasteiger partial charge in [-0.05, 0) is 117 Å². The molecule has 4 saturated carbocycles. The van der Waals surface area contributed by atoms with Crippen LogP contribution in [0, 0.1) is 52.1 Å². The highest BCUT2D eigenvalue weighted by Crippen LogP contribution is 2.67. The fraction of sp³-hybridized carbons (Fsp3) is 0.750. The third kappa shape index (κ3) is 4.46. The van der Waals surface area contributed by atoms with E-state index in [0.717, 1.165) is 42.6 Å². The molecular formula is C32H45F2NO2. The number of rotatable bonds is 4. The Kier molecular flexibility index (Phi) is 7.55. The molecule has 1 aromatic heterocycles. The van der Waals surface area contributed by atoms with E-state index >= 15 is 0 Å². The van der Waals surface area contributed by atoms with E-state index in [4.69, 9.17) is 4.42 Å². The maximum atomic E-state index is 14.0. The van der Waals surface area contributed by atoms with E-state index < -0.39 is 22.6 Å². The quantitative estimate of drug-likeness (QED) is 0.410. The summed E-state index contributed by atoms with van der Waals surface area (Å²) in [5.41, 5.74) is 0.354. The predicted molar refractivity (Wildman–Crippen MR) is 144 cm³/mol. The van der Waals surface area contributed by atoms with Crippen LogP contribution in [0.5, 0.6) is 0 Å². The summed E-state index contributed by atoms with van der Waals surface area (Å²) in [4.78, 5) is 16.6. The summed E-state index contributed by atoms with van der Waals surface area (Å²) >= 11 is 0. The lowest BCUT2D eigenvalue weighted by molar-refractivity contribution is -0.111. The average molecular weight is 514 g/mol. The van der Waals surface area contributed by atoms with Crippen LogP contribution in [0.1, 0.15) is 111 Å². The first-order valence-corrected chi connectivity index (χ1v) is 15.1. The van der Waals surface area contributed by atoms with E-state index in [-0.39, 0.29) is 5.52 Å². The van der Waals surface area contributed by atoms with E-state index in [1.165, 1.54) is 70.3 Å². The van der Waals surface area contributed by atoms with Gasteiger partial charge >= 0.3 is 5.63 Å². The smallest absolute Gasteiger partial charge is 0.349 e. The van der Waals surface area contributed by atoms with Gasteiger partial charge in [0.2, 0.25) is 0 Å². The molecule has 7 unspecified atom stereocenters. The summed E-state index contributed by atoms with van der Waals surface area (Å²) in [5, 5.41) is -0.391. The van der Waals surface area contributed by atoms with Gasteiger partial charge in [-0.2, -0.15) is 0 Å². The molecule has 0 amide bonds. The molecule has 0 aliphatic heterocycles. The van der Waals surface area contributed by atoms with Crippen molar-refractivity contribution in [3.63, 3.8) is 0 Å². The van der Waals surface area contributed by atoms with Crippen LogP contribution in [0.3, 0.4) is 0 Å². The second-order valence-electron chi connectivity index (χ2n) is 12.8. The van der Waals surface area contributed by atoms with Crippen molar-refractivity contribution in [1.82, 2.24) is 4.98 Å². The minimum Gasteiger partial charge on any atom is -0.408 e. The number of aryl methyl sites for hydroxylation is 1. The summed E-state index contributed by atoms with van der Waals surface area (Å²) in [6, 6.07) is 2.38. The minimum absolute atomic E-state index is 0.174. The summed E-state index contributed by atoms with van der Waals surface area (Å²) in [7, 11) is 0. The summed E-state index contributed by atoms with van der Waals surface area (Å²) in [6.45, 7) is 9.22. The Labute approximate surface area is 220 Å². The summed E-state index contributed by atoms with van der Waals surface area (Å²) < 4.78 is 32.8. The van der Waals surface area contributed by atoms with Gasteiger partial charge in [0.15, 0.2) is 17.5 Å². The number of hydrogen-bond acceptors (Lipinski definition) is 3. The molecule has 4 aliphatic rings. The van der Waals surface area contributed by atoms with Gasteiger partial charge in [-0.15, -0.1) is 0 Å². The number of benzene rings is 1. The van der Waals surface area contributed by atoms with Gasteiger partial charge in [0.05, 0.1) is 5.52 Å². The molecule has 1 aromatic carbocycles. The molecular weight excluding hydrogens is 468 g/mol. The van der Waals surface area contributed by atoms with Crippen molar-refractivity contribution in [3.8, 4) is 0 Å². The second-order valence-corrected chi connectivity index (χ2v) is 12.8. The van der Waals surface area contributed by atoms with Crippen molar-refractivity contribution in [2.75, 3.05) is 0 Å². The third-order valence-corrected chi connectivity index (χ3v) is 11.5. The maximum Gasteiger partial charge on any atom is 0.349 e. The van der Waals surface area contributed by atoms with E-state index in [2.05, 4.69) is 18.8 Å². The van der Waals surface area contributed by atoms with Crippen molar-refractivity contribution in [2.45, 2.75) is 111 Å². The molecule has 2 aromatic rings. The highest BCUT2D eigenvalue weighted by atomic mass is 19.2. The molecule has 0 N–H and O–H groups in total. The molecule has 4 fully saturated rings. The van der Waals surface area contributed by atoms with Crippen LogP contribution in [0.2, 0.25) is 0 Å². The molecule has 4 aliphatic carbocycles. The zero-order valence-electron chi connectivity index (χ0n) is 23.3. The zero-order chi connectivity index (χ0) is 26.4. The Morgan fingerprint density at radius 1 is 0.946 bits per heavy atom. The highest BCUT2D eigenvalue weighted by molar-refractivity contribution is 5.77. The molecule has 37 heavy (non-hydrogen) atoms. The van der Waals surface area contributed by atoms with E-state index in [1.807, 2.05) is 13.8 Å². The van der Waals surface area contributed by atoms with Crippen molar-refractivity contribution in [3.05, 3.63) is 40.1 Å². The van der Waals surface area contributed by atoms with E-state index in [9.17, 15) is 13.6 Å². The van der Waals surface area contributed by atoms with Crippen LogP contribution >= 0.6 is 0 Å². The van der Waals surface area contributed by atoms with Crippen LogP contribution in [-0.2, 0) is 6.42 Å². The molecule has 7 atom stereocenters. The van der Waals surface area contributed by atoms with Gasteiger partial charge in [-0.25, -0.2) is 18.6 Å². The lowest BCUT2D eigenvalue weighted by Crippen LogP contribution is -2.52. The molecule has 3 nitrogen and oxygen atoms in total. The van der Waals surface area contributed by atoms with Gasteiger partial charge in [-0.1, -0.05) is 40.5 Å². The molecule has 204 valence electrons. The zero-order valence-corrected chi connectivity index (χ0v) is 23.3. The van der Waals surface area contributed by atoms with Gasteiger partial charge in [0.1, 0.15) is 5.39 Å². The Morgan fingerprint density at radius 2 is 1.73 bits per heavy atom. The van der Waals surface area contributed by atoms with Crippen LogP contribution in [0.25, 0.3) is 10.9 Å². The lowest BCUT2D eigenvalue weighted by Gasteiger charge is -2.60. The van der Waals surface area contributed by atoms with Crippen molar-refractivity contribution < 1.29 is 13.2 Å². The molecule has 1 heterocycles.